The van der Waals surface area contributed by atoms with Crippen molar-refractivity contribution in [2.24, 2.45) is 16.7 Å². The monoisotopic (exact) mass is 517 g/mol. The highest BCUT2D eigenvalue weighted by Crippen LogP contribution is 2.62. The highest BCUT2D eigenvalue weighted by Gasteiger charge is 2.59. The van der Waals surface area contributed by atoms with Crippen molar-refractivity contribution in [3.8, 4) is 0 Å². The molecule has 8 nitrogen and oxygen atoms in total. The standard InChI is InChI=1S/C27H39N3O5S/c1-4-5-6-9-22(33)29-25-30-24-18(13-23(34)28-15-17-8-7-12-35-17)26(2)11-10-21(32)27(3,16-31)20(26)14-19(24)36-25/h7-8,12,18,20-21,31-32H,4-6,9-11,13-16H2,1-3H3,(H,28,34)(H,29,30,33)/t18-,20+,21-,26+,27+/m1/s1. The molecule has 2 aromatic heterocycles. The van der Waals surface area contributed by atoms with E-state index in [4.69, 9.17) is 9.40 Å². The van der Waals surface area contributed by atoms with Gasteiger partial charge in [-0.2, -0.15) is 0 Å². The first-order valence-corrected chi connectivity index (χ1v) is 13.9. The van der Waals surface area contributed by atoms with Crippen molar-refractivity contribution in [3.05, 3.63) is 34.7 Å². The summed E-state index contributed by atoms with van der Waals surface area (Å²) in [6, 6.07) is 3.61. The number of unbranched alkanes of at least 4 members (excludes halogenated alkanes) is 2. The first kappa shape index (κ1) is 26.8. The summed E-state index contributed by atoms with van der Waals surface area (Å²) in [6.45, 7) is 6.42. The second-order valence-corrected chi connectivity index (χ2v) is 12.0. The number of aliphatic hydroxyl groups is 2. The van der Waals surface area contributed by atoms with Crippen molar-refractivity contribution in [2.75, 3.05) is 11.9 Å². The van der Waals surface area contributed by atoms with Crippen LogP contribution in [0.3, 0.4) is 0 Å². The molecule has 2 aliphatic carbocycles. The molecule has 0 bridgehead atoms. The van der Waals surface area contributed by atoms with Crippen LogP contribution in [-0.2, 0) is 22.6 Å². The van der Waals surface area contributed by atoms with Crippen molar-refractivity contribution in [2.45, 2.75) is 90.7 Å². The fourth-order valence-electron chi connectivity index (χ4n) is 6.27. The number of thiazole rings is 1. The van der Waals surface area contributed by atoms with Crippen LogP contribution < -0.4 is 10.6 Å². The van der Waals surface area contributed by atoms with Gasteiger partial charge in [0, 0.05) is 29.1 Å². The molecule has 5 atom stereocenters. The molecule has 1 saturated carbocycles. The number of amides is 2. The minimum Gasteiger partial charge on any atom is -0.467 e. The number of furan rings is 1. The van der Waals surface area contributed by atoms with Crippen LogP contribution in [0.2, 0.25) is 0 Å². The van der Waals surface area contributed by atoms with E-state index >= 15 is 0 Å². The van der Waals surface area contributed by atoms with E-state index < -0.39 is 11.5 Å². The zero-order chi connectivity index (χ0) is 25.9. The van der Waals surface area contributed by atoms with E-state index in [1.54, 1.807) is 12.3 Å². The van der Waals surface area contributed by atoms with Gasteiger partial charge in [-0.05, 0) is 49.1 Å². The molecule has 2 amide bonds. The Morgan fingerprint density at radius 3 is 2.78 bits per heavy atom. The molecule has 1 fully saturated rings. The molecule has 9 heteroatoms. The van der Waals surface area contributed by atoms with Crippen LogP contribution in [0.25, 0.3) is 0 Å². The number of hydrogen-bond donors (Lipinski definition) is 4. The molecular weight excluding hydrogens is 478 g/mol. The van der Waals surface area contributed by atoms with Gasteiger partial charge in [0.25, 0.3) is 0 Å². The van der Waals surface area contributed by atoms with Gasteiger partial charge >= 0.3 is 0 Å². The maximum absolute atomic E-state index is 13.1. The van der Waals surface area contributed by atoms with Crippen molar-refractivity contribution in [1.29, 1.82) is 0 Å². The van der Waals surface area contributed by atoms with E-state index in [2.05, 4.69) is 24.5 Å². The average molecular weight is 518 g/mol. The molecule has 0 spiro atoms. The number of carbonyl (C=O) groups excluding carboxylic acids is 2. The Bertz CT molecular complexity index is 1050. The molecule has 2 heterocycles. The molecule has 0 saturated heterocycles. The summed E-state index contributed by atoms with van der Waals surface area (Å²) in [7, 11) is 0. The smallest absolute Gasteiger partial charge is 0.226 e. The zero-order valence-corrected chi connectivity index (χ0v) is 22.3. The van der Waals surface area contributed by atoms with Crippen LogP contribution in [0.5, 0.6) is 0 Å². The molecule has 4 rings (SSSR count). The normalized spacial score (nSPS) is 29.3. The Kier molecular flexibility index (Phi) is 8.22. The highest BCUT2D eigenvalue weighted by atomic mass is 32.1. The summed E-state index contributed by atoms with van der Waals surface area (Å²) in [5, 5.41) is 27.8. The van der Waals surface area contributed by atoms with Gasteiger partial charge in [-0.15, -0.1) is 11.3 Å². The SMILES string of the molecule is CCCCCC(=O)Nc1nc2c(s1)C[C@@H]1[C@](C)(CO)[C@H](O)CC[C@@]1(C)[C@@H]2CC(=O)NCc1ccco1. The topological polar surface area (TPSA) is 125 Å². The number of nitrogens with zero attached hydrogens (tertiary/aromatic N) is 1. The van der Waals surface area contributed by atoms with Gasteiger partial charge in [0.1, 0.15) is 5.76 Å². The maximum Gasteiger partial charge on any atom is 0.226 e. The van der Waals surface area contributed by atoms with Crippen molar-refractivity contribution in [1.82, 2.24) is 10.3 Å². The molecule has 2 aromatic rings. The van der Waals surface area contributed by atoms with Crippen LogP contribution in [0.15, 0.2) is 22.8 Å². The molecule has 0 aliphatic heterocycles. The van der Waals surface area contributed by atoms with Crippen molar-refractivity contribution in [3.63, 3.8) is 0 Å². The van der Waals surface area contributed by atoms with Gasteiger partial charge in [-0.3, -0.25) is 9.59 Å². The van der Waals surface area contributed by atoms with Crippen LogP contribution in [-0.4, -0.2) is 39.7 Å². The lowest BCUT2D eigenvalue weighted by Gasteiger charge is -2.58. The first-order chi connectivity index (χ1) is 17.2. The number of aliphatic hydroxyl groups excluding tert-OH is 2. The van der Waals surface area contributed by atoms with Crippen molar-refractivity contribution >= 4 is 28.3 Å². The van der Waals surface area contributed by atoms with Gasteiger partial charge in [0.15, 0.2) is 5.13 Å². The van der Waals surface area contributed by atoms with E-state index in [-0.39, 0.29) is 42.1 Å². The summed E-state index contributed by atoms with van der Waals surface area (Å²) in [6.07, 6.45) is 6.55. The maximum atomic E-state index is 13.1. The summed E-state index contributed by atoms with van der Waals surface area (Å²) in [5.41, 5.74) is -0.143. The quantitative estimate of drug-likeness (QED) is 0.347. The van der Waals surface area contributed by atoms with Gasteiger partial charge < -0.3 is 25.3 Å². The summed E-state index contributed by atoms with van der Waals surface area (Å²) in [4.78, 5) is 31.5. The highest BCUT2D eigenvalue weighted by molar-refractivity contribution is 7.15. The number of fused-ring (bicyclic) bond motifs is 2. The second kappa shape index (κ2) is 11.0. The Morgan fingerprint density at radius 2 is 2.08 bits per heavy atom. The fraction of sp³-hybridized carbons (Fsp3) is 0.667. The molecular formula is C27H39N3O5S. The number of nitrogens with one attached hydrogen (secondary N) is 2. The minimum absolute atomic E-state index is 0.0253. The molecule has 36 heavy (non-hydrogen) atoms. The third-order valence-corrected chi connectivity index (χ3v) is 9.59. The third-order valence-electron chi connectivity index (χ3n) is 8.58. The number of carbonyl (C=O) groups is 2. The van der Waals surface area contributed by atoms with Crippen LogP contribution >= 0.6 is 11.3 Å². The Labute approximate surface area is 216 Å². The third kappa shape index (κ3) is 5.24. The lowest BCUT2D eigenvalue weighted by molar-refractivity contribution is -0.144. The number of aromatic nitrogens is 1. The fourth-order valence-corrected chi connectivity index (χ4v) is 7.36. The second-order valence-electron chi connectivity index (χ2n) is 10.9. The number of hydrogen-bond acceptors (Lipinski definition) is 7. The Hall–Kier alpha value is -2.23. The summed E-state index contributed by atoms with van der Waals surface area (Å²) < 4.78 is 5.34. The molecule has 4 N–H and O–H groups in total. The van der Waals surface area contributed by atoms with Crippen LogP contribution in [0, 0.1) is 16.7 Å². The van der Waals surface area contributed by atoms with Gasteiger partial charge in [0.05, 0.1) is 31.2 Å². The first-order valence-electron chi connectivity index (χ1n) is 13.1. The van der Waals surface area contributed by atoms with Gasteiger partial charge in [0.2, 0.25) is 11.8 Å². The number of anilines is 1. The van der Waals surface area contributed by atoms with Gasteiger partial charge in [-0.25, -0.2) is 4.98 Å². The molecule has 198 valence electrons. The molecule has 0 aromatic carbocycles. The largest absolute Gasteiger partial charge is 0.467 e. The average Bonchev–Trinajstić information content (AvgIpc) is 3.51. The van der Waals surface area contributed by atoms with Crippen molar-refractivity contribution < 1.29 is 24.2 Å². The number of rotatable bonds is 10. The van der Waals surface area contributed by atoms with Crippen LogP contribution in [0.4, 0.5) is 5.13 Å². The lowest BCUT2D eigenvalue weighted by atomic mass is 9.47. The van der Waals surface area contributed by atoms with E-state index in [0.717, 1.165) is 36.3 Å². The predicted molar refractivity (Wildman–Crippen MR) is 139 cm³/mol. The minimum atomic E-state index is -0.679. The lowest BCUT2D eigenvalue weighted by Crippen LogP contribution is -2.57. The molecule has 0 unspecified atom stereocenters. The summed E-state index contributed by atoms with van der Waals surface area (Å²) >= 11 is 1.46. The van der Waals surface area contributed by atoms with E-state index in [0.29, 0.717) is 36.7 Å². The zero-order valence-electron chi connectivity index (χ0n) is 21.5. The Morgan fingerprint density at radius 1 is 1.28 bits per heavy atom. The van der Waals surface area contributed by atoms with E-state index in [9.17, 15) is 19.8 Å². The molecule has 2 aliphatic rings. The van der Waals surface area contributed by atoms with Crippen LogP contribution in [0.1, 0.15) is 88.0 Å². The van der Waals surface area contributed by atoms with E-state index in [1.807, 2.05) is 13.0 Å². The Balaban J connectivity index is 1.61. The summed E-state index contributed by atoms with van der Waals surface area (Å²) in [5.74, 6) is 0.332. The van der Waals surface area contributed by atoms with Gasteiger partial charge in [-0.1, -0.05) is 33.6 Å². The molecule has 0 radical (unpaired) electrons. The predicted octanol–water partition coefficient (Wildman–Crippen LogP) is 4.38. The van der Waals surface area contributed by atoms with E-state index in [1.165, 1.54) is 11.3 Å².